The molecule has 0 spiro atoms. The second-order valence-corrected chi connectivity index (χ2v) is 9.35. The molecule has 2 aromatic rings. The van der Waals surface area contributed by atoms with E-state index in [0.717, 1.165) is 11.3 Å². The fourth-order valence-electron chi connectivity index (χ4n) is 4.47. The number of likely N-dealkylation sites (tertiary alicyclic amines) is 1. The average molecular weight is 496 g/mol. The number of nitrogens with zero attached hydrogens (tertiary/aromatic N) is 1. The highest BCUT2D eigenvalue weighted by Gasteiger charge is 2.46. The summed E-state index contributed by atoms with van der Waals surface area (Å²) < 4.78 is 17.0. The summed E-state index contributed by atoms with van der Waals surface area (Å²) in [6, 6.07) is 11.8. The molecule has 1 heterocycles. The summed E-state index contributed by atoms with van der Waals surface area (Å²) in [5, 5.41) is 11.5. The van der Waals surface area contributed by atoms with Crippen molar-refractivity contribution in [2.45, 2.75) is 59.1 Å². The quantitative estimate of drug-likeness (QED) is 0.193. The molecule has 0 aromatic heterocycles. The van der Waals surface area contributed by atoms with Crippen LogP contribution < -0.4 is 9.47 Å². The summed E-state index contributed by atoms with van der Waals surface area (Å²) in [5.41, 5.74) is 2.06. The van der Waals surface area contributed by atoms with Gasteiger partial charge in [0.1, 0.15) is 17.3 Å². The van der Waals surface area contributed by atoms with Gasteiger partial charge in [0.25, 0.3) is 11.7 Å². The number of para-hydroxylation sites is 1. The Morgan fingerprint density at radius 2 is 1.78 bits per heavy atom. The maximum atomic E-state index is 13.3. The molecule has 7 heteroatoms. The minimum Gasteiger partial charge on any atom is -0.507 e. The summed E-state index contributed by atoms with van der Waals surface area (Å²) in [6.07, 6.45) is 0.623. The number of hydrogen-bond donors (Lipinski definition) is 1. The second kappa shape index (κ2) is 12.1. The highest BCUT2D eigenvalue weighted by atomic mass is 16.5. The molecule has 1 aliphatic rings. The molecule has 0 saturated carbocycles. The Labute approximate surface area is 213 Å². The van der Waals surface area contributed by atoms with Gasteiger partial charge in [-0.05, 0) is 62.9 Å². The summed E-state index contributed by atoms with van der Waals surface area (Å²) in [7, 11) is 1.54. The van der Waals surface area contributed by atoms with Crippen molar-refractivity contribution in [2.75, 3.05) is 26.9 Å². The van der Waals surface area contributed by atoms with Gasteiger partial charge in [-0.15, -0.1) is 0 Å². The number of rotatable bonds is 11. The van der Waals surface area contributed by atoms with E-state index in [9.17, 15) is 14.7 Å². The van der Waals surface area contributed by atoms with Gasteiger partial charge >= 0.3 is 0 Å². The standard InChI is InChI=1S/C29H37NO6/c1-7-35-24-14-13-20(17-22(24)18(2)3)27(31)25-26(21-11-8-9-12-23(21)34-6)30(29(33)28(25)32)15-10-16-36-19(4)5/h8-9,11-14,17-19,26,31H,7,10,15-16H2,1-6H3/b27-25+. The molecule has 7 nitrogen and oxygen atoms in total. The van der Waals surface area contributed by atoms with Gasteiger partial charge in [-0.3, -0.25) is 9.59 Å². The minimum atomic E-state index is -0.783. The van der Waals surface area contributed by atoms with Crippen LogP contribution >= 0.6 is 0 Å². The van der Waals surface area contributed by atoms with Crippen LogP contribution in [0.5, 0.6) is 11.5 Å². The number of Topliss-reactive ketones (excluding diaryl/α,β-unsaturated/α-hetero) is 1. The summed E-state index contributed by atoms with van der Waals surface area (Å²) in [6.45, 7) is 11.2. The third-order valence-corrected chi connectivity index (χ3v) is 6.17. The van der Waals surface area contributed by atoms with Gasteiger partial charge in [0, 0.05) is 24.3 Å². The highest BCUT2D eigenvalue weighted by Crippen LogP contribution is 2.43. The lowest BCUT2D eigenvalue weighted by molar-refractivity contribution is -0.140. The van der Waals surface area contributed by atoms with E-state index in [-0.39, 0.29) is 23.4 Å². The summed E-state index contributed by atoms with van der Waals surface area (Å²) in [4.78, 5) is 28.1. The van der Waals surface area contributed by atoms with Crippen LogP contribution in [0.15, 0.2) is 48.0 Å². The Morgan fingerprint density at radius 3 is 2.42 bits per heavy atom. The first-order chi connectivity index (χ1) is 17.2. The van der Waals surface area contributed by atoms with E-state index in [1.54, 1.807) is 25.3 Å². The summed E-state index contributed by atoms with van der Waals surface area (Å²) in [5.74, 6) is -0.174. The van der Waals surface area contributed by atoms with Gasteiger partial charge in [0.2, 0.25) is 0 Å². The largest absolute Gasteiger partial charge is 0.507 e. The van der Waals surface area contributed by atoms with Crippen LogP contribution in [0.4, 0.5) is 0 Å². The first kappa shape index (κ1) is 27.3. The molecule has 1 aliphatic heterocycles. The van der Waals surface area contributed by atoms with E-state index < -0.39 is 17.7 Å². The van der Waals surface area contributed by atoms with Crippen molar-refractivity contribution in [3.63, 3.8) is 0 Å². The van der Waals surface area contributed by atoms with E-state index >= 15 is 0 Å². The fourth-order valence-corrected chi connectivity index (χ4v) is 4.47. The van der Waals surface area contributed by atoms with Crippen molar-refractivity contribution < 1.29 is 28.9 Å². The zero-order valence-electron chi connectivity index (χ0n) is 22.0. The number of aliphatic hydroxyl groups is 1. The number of amides is 1. The maximum absolute atomic E-state index is 13.3. The molecule has 1 N–H and O–H groups in total. The van der Waals surface area contributed by atoms with E-state index in [4.69, 9.17) is 14.2 Å². The van der Waals surface area contributed by atoms with Gasteiger partial charge in [0.15, 0.2) is 0 Å². The van der Waals surface area contributed by atoms with Crippen LogP contribution in [-0.2, 0) is 14.3 Å². The molecule has 0 aliphatic carbocycles. The monoisotopic (exact) mass is 495 g/mol. The molecule has 3 rings (SSSR count). The number of carbonyl (C=O) groups is 2. The SMILES string of the molecule is CCOc1ccc(/C(O)=C2\C(=O)C(=O)N(CCCOC(C)C)C2c2ccccc2OC)cc1C(C)C. The first-order valence-electron chi connectivity index (χ1n) is 12.5. The van der Waals surface area contributed by atoms with Gasteiger partial charge in [-0.2, -0.15) is 0 Å². The number of benzene rings is 2. The molecule has 0 radical (unpaired) electrons. The van der Waals surface area contributed by atoms with E-state index in [2.05, 4.69) is 0 Å². The Hall–Kier alpha value is -3.32. The number of carbonyl (C=O) groups excluding carboxylic acids is 2. The number of methoxy groups -OCH3 is 1. The van der Waals surface area contributed by atoms with E-state index in [1.165, 1.54) is 4.90 Å². The highest BCUT2D eigenvalue weighted by molar-refractivity contribution is 6.46. The maximum Gasteiger partial charge on any atom is 0.295 e. The van der Waals surface area contributed by atoms with Crippen molar-refractivity contribution in [2.24, 2.45) is 0 Å². The topological polar surface area (TPSA) is 85.3 Å². The predicted octanol–water partition coefficient (Wildman–Crippen LogP) is 5.45. The Kier molecular flexibility index (Phi) is 9.15. The number of hydrogen-bond acceptors (Lipinski definition) is 6. The Bertz CT molecular complexity index is 1120. The van der Waals surface area contributed by atoms with Crippen LogP contribution in [0.2, 0.25) is 0 Å². The summed E-state index contributed by atoms with van der Waals surface area (Å²) >= 11 is 0. The molecule has 1 fully saturated rings. The predicted molar refractivity (Wildman–Crippen MR) is 139 cm³/mol. The molecule has 194 valence electrons. The third-order valence-electron chi connectivity index (χ3n) is 6.17. The lowest BCUT2D eigenvalue weighted by Gasteiger charge is -2.26. The molecule has 1 unspecified atom stereocenters. The first-order valence-corrected chi connectivity index (χ1v) is 12.5. The number of ketones is 1. The van der Waals surface area contributed by atoms with Crippen LogP contribution in [-0.4, -0.2) is 54.7 Å². The van der Waals surface area contributed by atoms with Gasteiger partial charge < -0.3 is 24.2 Å². The fraction of sp³-hybridized carbons (Fsp3) is 0.448. The molecule has 0 bridgehead atoms. The Balaban J connectivity index is 2.13. The van der Waals surface area contributed by atoms with Crippen LogP contribution in [0, 0.1) is 0 Å². The lowest BCUT2D eigenvalue weighted by atomic mass is 9.92. The van der Waals surface area contributed by atoms with Gasteiger partial charge in [0.05, 0.1) is 31.4 Å². The molecule has 1 saturated heterocycles. The average Bonchev–Trinajstić information content (AvgIpc) is 3.11. The van der Waals surface area contributed by atoms with Crippen molar-refractivity contribution in [3.8, 4) is 11.5 Å². The van der Waals surface area contributed by atoms with Crippen LogP contribution in [0.1, 0.15) is 69.7 Å². The lowest BCUT2D eigenvalue weighted by Crippen LogP contribution is -2.31. The number of aliphatic hydroxyl groups excluding tert-OH is 1. The molecule has 1 atom stereocenters. The van der Waals surface area contributed by atoms with Crippen LogP contribution in [0.25, 0.3) is 5.76 Å². The van der Waals surface area contributed by atoms with E-state index in [0.29, 0.717) is 43.1 Å². The van der Waals surface area contributed by atoms with Crippen molar-refractivity contribution >= 4 is 17.4 Å². The normalized spacial score (nSPS) is 17.3. The molecule has 36 heavy (non-hydrogen) atoms. The van der Waals surface area contributed by atoms with Crippen molar-refractivity contribution in [1.29, 1.82) is 0 Å². The number of ether oxygens (including phenoxy) is 3. The molecule has 2 aromatic carbocycles. The minimum absolute atomic E-state index is 0.0492. The third kappa shape index (κ3) is 5.73. The van der Waals surface area contributed by atoms with E-state index in [1.807, 2.05) is 58.9 Å². The van der Waals surface area contributed by atoms with Gasteiger partial charge in [-0.25, -0.2) is 0 Å². The van der Waals surface area contributed by atoms with Gasteiger partial charge in [-0.1, -0.05) is 32.0 Å². The second-order valence-electron chi connectivity index (χ2n) is 9.35. The van der Waals surface area contributed by atoms with Crippen molar-refractivity contribution in [1.82, 2.24) is 4.90 Å². The van der Waals surface area contributed by atoms with Crippen molar-refractivity contribution in [3.05, 3.63) is 64.7 Å². The van der Waals surface area contributed by atoms with Crippen LogP contribution in [0.3, 0.4) is 0 Å². The zero-order valence-corrected chi connectivity index (χ0v) is 22.0. The zero-order chi connectivity index (χ0) is 26.4. The smallest absolute Gasteiger partial charge is 0.295 e. The Morgan fingerprint density at radius 1 is 1.06 bits per heavy atom. The molecular formula is C29H37NO6. The molecule has 1 amide bonds. The molecular weight excluding hydrogens is 458 g/mol.